The highest BCUT2D eigenvalue weighted by Crippen LogP contribution is 2.15. The standard InChI is InChI=1S/C24H37N7O9S/c1-27-18(20(33)13-29-19(23(37)38)9-11-22(35)36)8-10-21(34)30-15-4-6-17(7-5-15)41(39,40)31-16(14-32)3-2-12-28-24(25)26/h4-7,14,16,18-19,27,29,31H,2-3,8-13H2,1H3,(H,30,34)(H,35,36)(H,37,38)(H4,25,26,28)/t16-,18?,19?/m0/s1. The third kappa shape index (κ3) is 13.8. The quantitative estimate of drug-likeness (QED) is 0.0341. The van der Waals surface area contributed by atoms with Crippen molar-refractivity contribution >= 4 is 51.6 Å². The molecule has 0 saturated carbocycles. The van der Waals surface area contributed by atoms with E-state index in [2.05, 4.69) is 25.7 Å². The van der Waals surface area contributed by atoms with Gasteiger partial charge in [0.1, 0.15) is 12.3 Å². The maximum Gasteiger partial charge on any atom is 0.320 e. The fourth-order valence-electron chi connectivity index (χ4n) is 3.55. The number of Topliss-reactive ketones (excluding diaryl/α,β-unsaturated/α-hetero) is 1. The molecule has 228 valence electrons. The summed E-state index contributed by atoms with van der Waals surface area (Å²) in [6.45, 7) is -0.0996. The number of carbonyl (C=O) groups is 5. The van der Waals surface area contributed by atoms with Gasteiger partial charge in [0.25, 0.3) is 0 Å². The van der Waals surface area contributed by atoms with Crippen molar-refractivity contribution < 1.29 is 42.6 Å². The van der Waals surface area contributed by atoms with Gasteiger partial charge in [-0.25, -0.2) is 13.1 Å². The van der Waals surface area contributed by atoms with Crippen LogP contribution >= 0.6 is 0 Å². The molecule has 0 spiro atoms. The van der Waals surface area contributed by atoms with Crippen LogP contribution in [0.2, 0.25) is 0 Å². The van der Waals surface area contributed by atoms with Gasteiger partial charge < -0.3 is 37.1 Å². The second-order valence-corrected chi connectivity index (χ2v) is 10.6. The summed E-state index contributed by atoms with van der Waals surface area (Å²) in [7, 11) is -2.52. The van der Waals surface area contributed by atoms with Crippen molar-refractivity contribution in [2.45, 2.75) is 61.5 Å². The first kappa shape index (κ1) is 35.1. The largest absolute Gasteiger partial charge is 0.481 e. The highest BCUT2D eigenvalue weighted by Gasteiger charge is 2.23. The van der Waals surface area contributed by atoms with Crippen LogP contribution in [0.15, 0.2) is 34.2 Å². The Morgan fingerprint density at radius 1 is 1.00 bits per heavy atom. The number of hydrogen-bond donors (Lipinski definition) is 8. The SMILES string of the molecule is CNC(CCC(=O)Nc1ccc(S(=O)(=O)N[C@H](C=O)CCCN=C(N)N)cc1)C(=O)CNC(CCC(=O)O)C(=O)O. The maximum atomic E-state index is 12.6. The molecule has 0 saturated heterocycles. The molecule has 0 fully saturated rings. The van der Waals surface area contributed by atoms with Crippen molar-refractivity contribution in [1.82, 2.24) is 15.4 Å². The second-order valence-electron chi connectivity index (χ2n) is 8.94. The van der Waals surface area contributed by atoms with Crippen LogP contribution in [-0.2, 0) is 34.0 Å². The van der Waals surface area contributed by atoms with E-state index in [1.807, 2.05) is 0 Å². The number of rotatable bonds is 21. The lowest BCUT2D eigenvalue weighted by atomic mass is 10.1. The number of nitrogens with zero attached hydrogens (tertiary/aromatic N) is 1. The number of aliphatic carboxylic acids is 2. The van der Waals surface area contributed by atoms with Crippen LogP contribution < -0.4 is 32.1 Å². The maximum absolute atomic E-state index is 12.6. The minimum absolute atomic E-state index is 0.0823. The number of ketones is 1. The summed E-state index contributed by atoms with van der Waals surface area (Å²) < 4.78 is 27.5. The number of aldehydes is 1. The summed E-state index contributed by atoms with van der Waals surface area (Å²) in [5.41, 5.74) is 10.8. The van der Waals surface area contributed by atoms with E-state index in [-0.39, 0.29) is 56.0 Å². The Balaban J connectivity index is 2.62. The van der Waals surface area contributed by atoms with E-state index in [1.165, 1.54) is 31.3 Å². The number of likely N-dealkylation sites (N-methyl/N-ethyl adjacent to an activating group) is 1. The number of carboxylic acids is 2. The molecule has 0 aromatic heterocycles. The zero-order valence-corrected chi connectivity index (χ0v) is 23.4. The first-order valence-corrected chi connectivity index (χ1v) is 14.1. The average Bonchev–Trinajstić information content (AvgIpc) is 2.90. The van der Waals surface area contributed by atoms with Gasteiger partial charge in [-0.3, -0.25) is 29.5 Å². The molecule has 17 heteroatoms. The number of nitrogens with one attached hydrogen (secondary N) is 4. The van der Waals surface area contributed by atoms with Crippen LogP contribution in [0.4, 0.5) is 5.69 Å². The van der Waals surface area contributed by atoms with Gasteiger partial charge in [-0.15, -0.1) is 0 Å². The number of guanidine groups is 1. The van der Waals surface area contributed by atoms with Crippen LogP contribution in [0.3, 0.4) is 0 Å². The summed E-state index contributed by atoms with van der Waals surface area (Å²) in [6, 6.07) is 2.29. The molecule has 0 aliphatic heterocycles. The molecular weight excluding hydrogens is 562 g/mol. The molecular formula is C24H37N7O9S. The number of nitrogens with two attached hydrogens (primary N) is 2. The third-order valence-corrected chi connectivity index (χ3v) is 7.26. The second kappa shape index (κ2) is 17.7. The minimum Gasteiger partial charge on any atom is -0.481 e. The van der Waals surface area contributed by atoms with Crippen molar-refractivity contribution in [2.24, 2.45) is 16.5 Å². The molecule has 16 nitrogen and oxygen atoms in total. The molecule has 0 heterocycles. The molecule has 1 amide bonds. The van der Waals surface area contributed by atoms with Crippen LogP contribution in [0.1, 0.15) is 38.5 Å². The molecule has 3 atom stereocenters. The molecule has 1 aromatic rings. The van der Waals surface area contributed by atoms with Crippen molar-refractivity contribution in [3.8, 4) is 0 Å². The molecule has 1 aromatic carbocycles. The Bertz CT molecular complexity index is 1190. The van der Waals surface area contributed by atoms with Crippen LogP contribution in [0, 0.1) is 0 Å². The van der Waals surface area contributed by atoms with Crippen molar-refractivity contribution in [2.75, 3.05) is 25.5 Å². The molecule has 0 aliphatic carbocycles. The Kier molecular flexibility index (Phi) is 15.1. The summed E-state index contributed by atoms with van der Waals surface area (Å²) in [5.74, 6) is -3.40. The van der Waals surface area contributed by atoms with E-state index in [0.29, 0.717) is 18.4 Å². The number of benzene rings is 1. The Morgan fingerprint density at radius 3 is 2.17 bits per heavy atom. The predicted octanol–water partition coefficient (Wildman–Crippen LogP) is -1.63. The summed E-state index contributed by atoms with van der Waals surface area (Å²) in [6.07, 6.45) is 0.470. The van der Waals surface area contributed by atoms with E-state index >= 15 is 0 Å². The lowest BCUT2D eigenvalue weighted by molar-refractivity contribution is -0.140. The lowest BCUT2D eigenvalue weighted by Gasteiger charge is -2.18. The Labute approximate surface area is 237 Å². The number of hydrogen-bond acceptors (Lipinski definition) is 10. The van der Waals surface area contributed by atoms with Crippen LogP contribution in [-0.4, -0.2) is 92.8 Å². The number of carboxylic acid groups (broad SMARTS) is 2. The van der Waals surface area contributed by atoms with Gasteiger partial charge in [0.15, 0.2) is 11.7 Å². The van der Waals surface area contributed by atoms with E-state index in [9.17, 15) is 37.5 Å². The summed E-state index contributed by atoms with van der Waals surface area (Å²) in [5, 5.41) is 25.8. The van der Waals surface area contributed by atoms with Gasteiger partial charge in [-0.05, 0) is 57.0 Å². The smallest absolute Gasteiger partial charge is 0.320 e. The van der Waals surface area contributed by atoms with Crippen LogP contribution in [0.25, 0.3) is 0 Å². The molecule has 1 rings (SSSR count). The van der Waals surface area contributed by atoms with Crippen LogP contribution in [0.5, 0.6) is 0 Å². The van der Waals surface area contributed by atoms with Gasteiger partial charge in [-0.2, -0.15) is 0 Å². The molecule has 0 radical (unpaired) electrons. The molecule has 10 N–H and O–H groups in total. The number of anilines is 1. The lowest BCUT2D eigenvalue weighted by Crippen LogP contribution is -2.45. The highest BCUT2D eigenvalue weighted by molar-refractivity contribution is 7.89. The first-order chi connectivity index (χ1) is 19.3. The first-order valence-electron chi connectivity index (χ1n) is 12.6. The Morgan fingerprint density at radius 2 is 1.63 bits per heavy atom. The van der Waals surface area contributed by atoms with Gasteiger partial charge in [0, 0.05) is 25.1 Å². The normalized spacial score (nSPS) is 13.4. The minimum atomic E-state index is -4.03. The van der Waals surface area contributed by atoms with Gasteiger partial charge >= 0.3 is 11.9 Å². The van der Waals surface area contributed by atoms with E-state index in [4.69, 9.17) is 16.6 Å². The molecule has 41 heavy (non-hydrogen) atoms. The average molecular weight is 600 g/mol. The zero-order valence-electron chi connectivity index (χ0n) is 22.5. The topological polar surface area (TPSA) is 272 Å². The summed E-state index contributed by atoms with van der Waals surface area (Å²) in [4.78, 5) is 61.8. The molecule has 0 bridgehead atoms. The van der Waals surface area contributed by atoms with E-state index < -0.39 is 51.8 Å². The third-order valence-electron chi connectivity index (χ3n) is 5.75. The highest BCUT2D eigenvalue weighted by atomic mass is 32.2. The monoisotopic (exact) mass is 599 g/mol. The zero-order chi connectivity index (χ0) is 31.0. The van der Waals surface area contributed by atoms with Gasteiger partial charge in [0.05, 0.1) is 23.5 Å². The predicted molar refractivity (Wildman–Crippen MR) is 149 cm³/mol. The Hall–Kier alpha value is -3.93. The number of carbonyl (C=O) groups excluding carboxylic acids is 3. The van der Waals surface area contributed by atoms with E-state index in [1.54, 1.807) is 0 Å². The molecule has 0 aliphatic rings. The van der Waals surface area contributed by atoms with Crippen molar-refractivity contribution in [1.29, 1.82) is 0 Å². The number of aliphatic imine (C=N–C) groups is 1. The number of sulfonamides is 1. The summed E-state index contributed by atoms with van der Waals surface area (Å²) >= 11 is 0. The van der Waals surface area contributed by atoms with E-state index in [0.717, 1.165) is 0 Å². The number of amides is 1. The van der Waals surface area contributed by atoms with Crippen molar-refractivity contribution in [3.05, 3.63) is 24.3 Å². The van der Waals surface area contributed by atoms with Gasteiger partial charge in [0.2, 0.25) is 15.9 Å². The van der Waals surface area contributed by atoms with Gasteiger partial charge in [-0.1, -0.05) is 0 Å². The fourth-order valence-corrected chi connectivity index (χ4v) is 4.75. The molecule has 2 unspecified atom stereocenters. The van der Waals surface area contributed by atoms with Crippen molar-refractivity contribution in [3.63, 3.8) is 0 Å². The fraction of sp³-hybridized carbons (Fsp3) is 0.500.